The first-order valence-corrected chi connectivity index (χ1v) is 9.21. The predicted molar refractivity (Wildman–Crippen MR) is 115 cm³/mol. The van der Waals surface area contributed by atoms with Gasteiger partial charge in [0.15, 0.2) is 17.3 Å². The van der Waals surface area contributed by atoms with Crippen LogP contribution in [-0.2, 0) is 6.42 Å². The van der Waals surface area contributed by atoms with Crippen LogP contribution in [0.3, 0.4) is 0 Å². The molecule has 1 aliphatic heterocycles. The van der Waals surface area contributed by atoms with Crippen molar-refractivity contribution in [1.29, 1.82) is 0 Å². The summed E-state index contributed by atoms with van der Waals surface area (Å²) in [6, 6.07) is 13.1. The molecule has 28 heavy (non-hydrogen) atoms. The Kier molecular flexibility index (Phi) is 6.23. The van der Waals surface area contributed by atoms with Crippen LogP contribution in [0.25, 0.3) is 11.3 Å². The number of methoxy groups -OCH3 is 2. The number of aliphatic imine (C=N–C) groups is 1. The number of fused-ring (bicyclic) bond motifs is 1. The van der Waals surface area contributed by atoms with Gasteiger partial charge in [0.05, 0.1) is 19.2 Å². The lowest BCUT2D eigenvalue weighted by atomic mass is 9.95. The van der Waals surface area contributed by atoms with E-state index in [0.717, 1.165) is 28.8 Å². The molecule has 0 fully saturated rings. The van der Waals surface area contributed by atoms with E-state index in [1.807, 2.05) is 30.3 Å². The maximum absolute atomic E-state index is 6.31. The van der Waals surface area contributed by atoms with E-state index in [1.165, 1.54) is 0 Å². The molecule has 0 saturated heterocycles. The molecular weight excluding hydrogens is 421 g/mol. The van der Waals surface area contributed by atoms with E-state index in [2.05, 4.69) is 4.99 Å². The zero-order valence-corrected chi connectivity index (χ0v) is 17.6. The van der Waals surface area contributed by atoms with E-state index >= 15 is 0 Å². The first-order valence-electron chi connectivity index (χ1n) is 8.46. The second-order valence-corrected chi connectivity index (χ2v) is 6.98. The van der Waals surface area contributed by atoms with Crippen LogP contribution in [0.15, 0.2) is 51.9 Å². The Morgan fingerprint density at radius 3 is 2.32 bits per heavy atom. The highest BCUT2D eigenvalue weighted by atomic mass is 35.5. The third kappa shape index (κ3) is 3.72. The van der Waals surface area contributed by atoms with Crippen molar-refractivity contribution in [2.45, 2.75) is 6.42 Å². The second kappa shape index (κ2) is 8.48. The fourth-order valence-corrected chi connectivity index (χ4v) is 3.73. The zero-order chi connectivity index (χ0) is 19.0. The molecule has 1 aromatic heterocycles. The molecule has 3 aromatic rings. The van der Waals surface area contributed by atoms with E-state index in [0.29, 0.717) is 39.6 Å². The molecule has 4 rings (SSSR count). The molecule has 0 radical (unpaired) electrons. The molecule has 0 N–H and O–H groups in total. The third-order valence-corrected chi connectivity index (χ3v) is 5.10. The average molecular weight is 439 g/mol. The van der Waals surface area contributed by atoms with E-state index in [4.69, 9.17) is 37.1 Å². The van der Waals surface area contributed by atoms with Crippen molar-refractivity contribution in [3.63, 3.8) is 0 Å². The van der Waals surface area contributed by atoms with Crippen molar-refractivity contribution in [3.8, 4) is 22.8 Å². The number of nitrogens with zero attached hydrogens (tertiary/aromatic N) is 1. The third-order valence-electron chi connectivity index (χ3n) is 4.55. The van der Waals surface area contributed by atoms with Gasteiger partial charge in [0.25, 0.3) is 0 Å². The minimum Gasteiger partial charge on any atom is -0.493 e. The Morgan fingerprint density at radius 2 is 1.61 bits per heavy atom. The molecule has 0 unspecified atom stereocenters. The molecule has 1 aliphatic rings. The van der Waals surface area contributed by atoms with Gasteiger partial charge in [-0.3, -0.25) is 4.99 Å². The van der Waals surface area contributed by atoms with Crippen molar-refractivity contribution < 1.29 is 13.9 Å². The highest BCUT2D eigenvalue weighted by molar-refractivity contribution is 6.36. The first kappa shape index (κ1) is 20.6. The first-order chi connectivity index (χ1) is 13.1. The maximum Gasteiger partial charge on any atom is 0.161 e. The van der Waals surface area contributed by atoms with Crippen LogP contribution in [0.5, 0.6) is 11.5 Å². The molecule has 0 bridgehead atoms. The fraction of sp³-hybridized carbons (Fsp3) is 0.190. The molecule has 0 saturated carbocycles. The van der Waals surface area contributed by atoms with E-state index < -0.39 is 0 Å². The largest absolute Gasteiger partial charge is 0.493 e. The molecule has 7 heteroatoms. The molecule has 2 aromatic carbocycles. The molecule has 0 spiro atoms. The minimum absolute atomic E-state index is 0. The summed E-state index contributed by atoms with van der Waals surface area (Å²) in [6.07, 6.45) is 0.843. The Balaban J connectivity index is 0.00000225. The molecule has 0 amide bonds. The second-order valence-electron chi connectivity index (χ2n) is 6.13. The van der Waals surface area contributed by atoms with Crippen molar-refractivity contribution in [3.05, 3.63) is 69.4 Å². The molecular formula is C21H18Cl3NO3. The molecule has 4 nitrogen and oxygen atoms in total. The van der Waals surface area contributed by atoms with E-state index in [-0.39, 0.29) is 12.4 Å². The Labute approximate surface area is 179 Å². The van der Waals surface area contributed by atoms with Crippen LogP contribution >= 0.6 is 35.6 Å². The van der Waals surface area contributed by atoms with E-state index in [9.17, 15) is 0 Å². The molecule has 0 atom stereocenters. The highest BCUT2D eigenvalue weighted by Crippen LogP contribution is 2.36. The highest BCUT2D eigenvalue weighted by Gasteiger charge is 2.22. The summed E-state index contributed by atoms with van der Waals surface area (Å²) < 4.78 is 16.9. The standard InChI is InChI=1S/C21H17Cl2NO3.ClH/c1-25-19-9-12-7-8-24-21(15(12)11-20(19)26-2)18-6-5-17(27-18)14-4-3-13(22)10-16(14)23;/h3-6,9-11H,7-8H2,1-2H3;1H. The number of rotatable bonds is 4. The van der Waals surface area contributed by atoms with Gasteiger partial charge in [-0.25, -0.2) is 0 Å². The summed E-state index contributed by atoms with van der Waals surface area (Å²) in [4.78, 5) is 4.69. The minimum atomic E-state index is 0. The number of ether oxygens (including phenoxy) is 2. The fourth-order valence-electron chi connectivity index (χ4n) is 3.23. The maximum atomic E-state index is 6.31. The lowest BCUT2D eigenvalue weighted by Gasteiger charge is -2.18. The van der Waals surface area contributed by atoms with Crippen LogP contribution in [0.1, 0.15) is 16.9 Å². The lowest BCUT2D eigenvalue weighted by molar-refractivity contribution is 0.354. The van der Waals surface area contributed by atoms with Crippen molar-refractivity contribution in [1.82, 2.24) is 0 Å². The number of hydrogen-bond donors (Lipinski definition) is 0. The Hall–Kier alpha value is -2.14. The lowest BCUT2D eigenvalue weighted by Crippen LogP contribution is -2.14. The van der Waals surface area contributed by atoms with Crippen LogP contribution in [0.2, 0.25) is 10.0 Å². The van der Waals surface area contributed by atoms with E-state index in [1.54, 1.807) is 26.4 Å². The smallest absolute Gasteiger partial charge is 0.161 e. The van der Waals surface area contributed by atoms with Crippen LogP contribution in [-0.4, -0.2) is 26.5 Å². The van der Waals surface area contributed by atoms with Gasteiger partial charge >= 0.3 is 0 Å². The summed E-state index contributed by atoms with van der Waals surface area (Å²) in [7, 11) is 3.26. The Bertz CT molecular complexity index is 1040. The predicted octanol–water partition coefficient (Wildman–Crippen LogP) is 6.09. The number of halogens is 3. The van der Waals surface area contributed by atoms with Gasteiger partial charge < -0.3 is 13.9 Å². The number of furan rings is 1. The van der Waals surface area contributed by atoms with Gasteiger partial charge in [0.2, 0.25) is 0 Å². The van der Waals surface area contributed by atoms with Crippen LogP contribution in [0.4, 0.5) is 0 Å². The van der Waals surface area contributed by atoms with Gasteiger partial charge in [-0.2, -0.15) is 0 Å². The van der Waals surface area contributed by atoms with Gasteiger partial charge in [0, 0.05) is 22.7 Å². The van der Waals surface area contributed by atoms with Crippen molar-refractivity contribution >= 4 is 41.3 Å². The number of benzene rings is 2. The van der Waals surface area contributed by atoms with Crippen molar-refractivity contribution in [2.75, 3.05) is 20.8 Å². The zero-order valence-electron chi connectivity index (χ0n) is 15.3. The van der Waals surface area contributed by atoms with Gasteiger partial charge in [-0.1, -0.05) is 23.2 Å². The molecule has 2 heterocycles. The summed E-state index contributed by atoms with van der Waals surface area (Å²) in [5.74, 6) is 2.73. The van der Waals surface area contributed by atoms with Gasteiger partial charge in [-0.05, 0) is 54.4 Å². The normalized spacial score (nSPS) is 12.6. The van der Waals surface area contributed by atoms with Gasteiger partial charge in [0.1, 0.15) is 11.5 Å². The molecule has 0 aliphatic carbocycles. The van der Waals surface area contributed by atoms with Crippen LogP contribution < -0.4 is 9.47 Å². The summed E-state index contributed by atoms with van der Waals surface area (Å²) >= 11 is 12.3. The monoisotopic (exact) mass is 437 g/mol. The topological polar surface area (TPSA) is 44.0 Å². The SMILES string of the molecule is COc1cc2c(cc1OC)C(c1ccc(-c3ccc(Cl)cc3Cl)o1)=NCC2.Cl. The summed E-state index contributed by atoms with van der Waals surface area (Å²) in [6.45, 7) is 0.690. The summed E-state index contributed by atoms with van der Waals surface area (Å²) in [5.41, 5.74) is 3.73. The van der Waals surface area contributed by atoms with Crippen LogP contribution in [0, 0.1) is 0 Å². The Morgan fingerprint density at radius 1 is 0.893 bits per heavy atom. The van der Waals surface area contributed by atoms with Gasteiger partial charge in [-0.15, -0.1) is 12.4 Å². The quantitative estimate of drug-likeness (QED) is 0.495. The summed E-state index contributed by atoms with van der Waals surface area (Å²) in [5, 5.41) is 1.13. The molecule has 146 valence electrons. The average Bonchev–Trinajstić information content (AvgIpc) is 3.15. The van der Waals surface area contributed by atoms with Crippen molar-refractivity contribution in [2.24, 2.45) is 4.99 Å². The number of hydrogen-bond acceptors (Lipinski definition) is 4.